The number of benzene rings is 1. The summed E-state index contributed by atoms with van der Waals surface area (Å²) in [6.45, 7) is 11.5. The van der Waals surface area contributed by atoms with Gasteiger partial charge in [0, 0.05) is 5.57 Å². The number of rotatable bonds is 5. The molecule has 0 saturated carbocycles. The summed E-state index contributed by atoms with van der Waals surface area (Å²) in [7, 11) is 1.04. The summed E-state index contributed by atoms with van der Waals surface area (Å²) in [5, 5.41) is 0. The van der Waals surface area contributed by atoms with Crippen molar-refractivity contribution in [3.63, 3.8) is 0 Å². The van der Waals surface area contributed by atoms with E-state index in [1.807, 2.05) is 24.3 Å². The van der Waals surface area contributed by atoms with E-state index >= 15 is 0 Å². The van der Waals surface area contributed by atoms with Gasteiger partial charge in [-0.3, -0.25) is 9.59 Å². The van der Waals surface area contributed by atoms with Crippen LogP contribution in [0.1, 0.15) is 5.56 Å². The van der Waals surface area contributed by atoms with Gasteiger partial charge >= 0.3 is 11.9 Å². The van der Waals surface area contributed by atoms with Crippen LogP contribution in [0.15, 0.2) is 29.8 Å². The standard InChI is InChI=1S/C22H30O5Si2/c1-25-16-11-9-15(10-12-16)18-17(13-14-29(7,8)28(4,5)6)19(21(23)26-2)20(18)22(24)27-3/h9-12,19-20H,1-8H3/t19-,20-/m1/s1. The first kappa shape index (κ1) is 23.0. The smallest absolute Gasteiger partial charge is 0.315 e. The average Bonchev–Trinajstić information content (AvgIpc) is 2.66. The summed E-state index contributed by atoms with van der Waals surface area (Å²) in [4.78, 5) is 25.0. The fourth-order valence-corrected chi connectivity index (χ4v) is 5.13. The topological polar surface area (TPSA) is 61.8 Å². The molecule has 0 bridgehead atoms. The molecule has 0 saturated heterocycles. The number of ether oxygens (including phenoxy) is 3. The third-order valence-corrected chi connectivity index (χ3v) is 22.1. The van der Waals surface area contributed by atoms with E-state index in [0.29, 0.717) is 11.3 Å². The monoisotopic (exact) mass is 430 g/mol. The molecule has 1 aliphatic carbocycles. The highest BCUT2D eigenvalue weighted by Gasteiger charge is 2.50. The highest BCUT2D eigenvalue weighted by atomic mass is 29.3. The molecule has 7 heteroatoms. The molecule has 0 heterocycles. The van der Waals surface area contributed by atoms with Gasteiger partial charge in [0.05, 0.1) is 28.9 Å². The van der Waals surface area contributed by atoms with Gasteiger partial charge in [-0.05, 0) is 23.3 Å². The lowest BCUT2D eigenvalue weighted by Gasteiger charge is -2.37. The molecule has 5 nitrogen and oxygen atoms in total. The van der Waals surface area contributed by atoms with Crippen LogP contribution < -0.4 is 4.74 Å². The fraction of sp³-hybridized carbons (Fsp3) is 0.455. The molecule has 0 aromatic heterocycles. The van der Waals surface area contributed by atoms with E-state index in [9.17, 15) is 9.59 Å². The van der Waals surface area contributed by atoms with Gasteiger partial charge in [0.2, 0.25) is 0 Å². The number of hydrogen-bond acceptors (Lipinski definition) is 5. The van der Waals surface area contributed by atoms with E-state index in [-0.39, 0.29) is 0 Å². The first-order valence-electron chi connectivity index (χ1n) is 9.55. The van der Waals surface area contributed by atoms with Crippen molar-refractivity contribution in [1.29, 1.82) is 0 Å². The molecule has 1 aromatic carbocycles. The maximum absolute atomic E-state index is 12.5. The number of hydrogen-bond donors (Lipinski definition) is 0. The molecule has 2 rings (SSSR count). The summed E-state index contributed by atoms with van der Waals surface area (Å²) in [6.07, 6.45) is 0. The Labute approximate surface area is 175 Å². The normalized spacial score (nSPS) is 18.9. The van der Waals surface area contributed by atoms with E-state index in [0.717, 1.165) is 11.1 Å². The Bertz CT molecular complexity index is 883. The molecule has 2 atom stereocenters. The zero-order chi connectivity index (χ0) is 22.0. The second-order valence-electron chi connectivity index (χ2n) is 8.68. The molecule has 0 fully saturated rings. The van der Waals surface area contributed by atoms with Gasteiger partial charge < -0.3 is 14.2 Å². The minimum absolute atomic E-state index is 0.460. The minimum Gasteiger partial charge on any atom is -0.497 e. The average molecular weight is 431 g/mol. The van der Waals surface area contributed by atoms with Gasteiger partial charge in [0.25, 0.3) is 0 Å². The van der Waals surface area contributed by atoms with Gasteiger partial charge in [-0.25, -0.2) is 0 Å². The van der Waals surface area contributed by atoms with Crippen molar-refractivity contribution in [2.75, 3.05) is 21.3 Å². The third kappa shape index (κ3) is 4.49. The highest BCUT2D eigenvalue weighted by molar-refractivity contribution is 7.43. The second kappa shape index (κ2) is 8.60. The van der Waals surface area contributed by atoms with Crippen molar-refractivity contribution < 1.29 is 23.8 Å². The minimum atomic E-state index is -1.77. The van der Waals surface area contributed by atoms with Crippen LogP contribution in [0, 0.1) is 23.3 Å². The van der Waals surface area contributed by atoms with E-state index in [4.69, 9.17) is 14.2 Å². The highest BCUT2D eigenvalue weighted by Crippen LogP contribution is 2.48. The predicted molar refractivity (Wildman–Crippen MR) is 120 cm³/mol. The SMILES string of the molecule is COC(=O)[C@@H]1C(C#C[Si](C)(C)[Si](C)(C)C)=C(c2ccc(OC)cc2)[C@H]1C(=O)OC. The molecule has 1 aromatic rings. The molecule has 0 radical (unpaired) electrons. The molecular formula is C22H30O5Si2. The van der Waals surface area contributed by atoms with E-state index < -0.39 is 39.0 Å². The summed E-state index contributed by atoms with van der Waals surface area (Å²) in [5.74, 6) is 1.64. The lowest BCUT2D eigenvalue weighted by Crippen LogP contribution is -2.51. The second-order valence-corrected chi connectivity index (χ2v) is 24.9. The van der Waals surface area contributed by atoms with Crippen LogP contribution in [-0.4, -0.2) is 48.5 Å². The maximum atomic E-state index is 12.5. The van der Waals surface area contributed by atoms with Crippen LogP contribution in [0.3, 0.4) is 0 Å². The lowest BCUT2D eigenvalue weighted by atomic mass is 9.65. The van der Waals surface area contributed by atoms with E-state index in [1.54, 1.807) is 7.11 Å². The first-order valence-corrected chi connectivity index (χ1v) is 17.1. The van der Waals surface area contributed by atoms with Crippen LogP contribution in [0.4, 0.5) is 0 Å². The van der Waals surface area contributed by atoms with Crippen molar-refractivity contribution >= 4 is 32.7 Å². The molecule has 1 aliphatic rings. The van der Waals surface area contributed by atoms with E-state index in [1.165, 1.54) is 14.2 Å². The fourth-order valence-electron chi connectivity index (χ4n) is 3.00. The van der Waals surface area contributed by atoms with Crippen molar-refractivity contribution in [3.05, 3.63) is 35.4 Å². The molecule has 29 heavy (non-hydrogen) atoms. The van der Waals surface area contributed by atoms with Crippen LogP contribution in [0.5, 0.6) is 5.75 Å². The quantitative estimate of drug-likeness (QED) is 0.405. The Kier molecular flexibility index (Phi) is 6.81. The Balaban J connectivity index is 2.67. The Morgan fingerprint density at radius 3 is 1.83 bits per heavy atom. The maximum Gasteiger partial charge on any atom is 0.315 e. The van der Waals surface area contributed by atoms with Gasteiger partial charge in [0.15, 0.2) is 0 Å². The molecular weight excluding hydrogens is 400 g/mol. The first-order chi connectivity index (χ1) is 13.5. The number of carbonyl (C=O) groups is 2. The Morgan fingerprint density at radius 1 is 0.862 bits per heavy atom. The van der Waals surface area contributed by atoms with Crippen LogP contribution in [-0.2, 0) is 19.1 Å². The van der Waals surface area contributed by atoms with Crippen LogP contribution in [0.2, 0.25) is 32.7 Å². The molecule has 0 N–H and O–H groups in total. The third-order valence-electron chi connectivity index (χ3n) is 5.94. The summed E-state index contributed by atoms with van der Waals surface area (Å²) >= 11 is 0. The van der Waals surface area contributed by atoms with Crippen molar-refractivity contribution in [2.45, 2.75) is 32.7 Å². The van der Waals surface area contributed by atoms with Gasteiger partial charge in [-0.2, -0.15) is 0 Å². The van der Waals surface area contributed by atoms with Crippen LogP contribution >= 0.6 is 0 Å². The zero-order valence-electron chi connectivity index (χ0n) is 18.5. The Hall–Kier alpha value is -2.31. The number of esters is 2. The number of methoxy groups -OCH3 is 3. The molecule has 156 valence electrons. The number of carbonyl (C=O) groups excluding carboxylic acids is 2. The summed E-state index contributed by atoms with van der Waals surface area (Å²) in [6, 6.07) is 7.41. The summed E-state index contributed by atoms with van der Waals surface area (Å²) in [5.41, 5.74) is 5.75. The zero-order valence-corrected chi connectivity index (χ0v) is 20.5. The molecule has 0 amide bonds. The largest absolute Gasteiger partial charge is 0.497 e. The van der Waals surface area contributed by atoms with Crippen LogP contribution in [0.25, 0.3) is 5.57 Å². The van der Waals surface area contributed by atoms with Crippen molar-refractivity contribution in [2.24, 2.45) is 11.8 Å². The summed E-state index contributed by atoms with van der Waals surface area (Å²) < 4.78 is 15.2. The molecule has 0 aliphatic heterocycles. The van der Waals surface area contributed by atoms with Crippen molar-refractivity contribution in [1.82, 2.24) is 0 Å². The molecule has 0 spiro atoms. The van der Waals surface area contributed by atoms with Gasteiger partial charge in [0.1, 0.15) is 25.2 Å². The predicted octanol–water partition coefficient (Wildman–Crippen LogP) is 3.71. The van der Waals surface area contributed by atoms with Gasteiger partial charge in [-0.15, -0.1) is 5.54 Å². The Morgan fingerprint density at radius 2 is 1.38 bits per heavy atom. The van der Waals surface area contributed by atoms with E-state index in [2.05, 4.69) is 44.2 Å². The van der Waals surface area contributed by atoms with Crippen molar-refractivity contribution in [3.8, 4) is 17.2 Å². The van der Waals surface area contributed by atoms with Gasteiger partial charge in [-0.1, -0.05) is 50.8 Å². The lowest BCUT2D eigenvalue weighted by molar-refractivity contribution is -0.154. The molecule has 0 unspecified atom stereocenters.